The van der Waals surface area contributed by atoms with Gasteiger partial charge < -0.3 is 25.8 Å². The van der Waals surface area contributed by atoms with E-state index < -0.39 is 36.2 Å². The Kier molecular flexibility index (Phi) is 9.15. The highest BCUT2D eigenvalue weighted by Gasteiger charge is 2.44. The number of aliphatic hydroxyl groups excluding tert-OH is 2. The summed E-state index contributed by atoms with van der Waals surface area (Å²) in [5.74, 6) is -2.30. The molecule has 0 unspecified atom stereocenters. The minimum absolute atomic E-state index is 0.0410. The number of carbonyl (C=O) groups excluding carboxylic acids is 3. The maximum absolute atomic E-state index is 12.9. The first-order chi connectivity index (χ1) is 14.8. The van der Waals surface area contributed by atoms with E-state index in [0.717, 1.165) is 18.4 Å². The van der Waals surface area contributed by atoms with E-state index in [0.29, 0.717) is 24.3 Å². The van der Waals surface area contributed by atoms with Crippen molar-refractivity contribution in [3.05, 3.63) is 29.3 Å². The van der Waals surface area contributed by atoms with E-state index in [1.165, 1.54) is 0 Å². The van der Waals surface area contributed by atoms with Gasteiger partial charge in [-0.05, 0) is 49.1 Å². The third-order valence-electron chi connectivity index (χ3n) is 5.96. The van der Waals surface area contributed by atoms with Crippen molar-refractivity contribution in [2.75, 3.05) is 19.8 Å². The van der Waals surface area contributed by atoms with Crippen LogP contribution in [0.2, 0.25) is 0 Å². The van der Waals surface area contributed by atoms with Crippen LogP contribution in [0.4, 0.5) is 0 Å². The van der Waals surface area contributed by atoms with Crippen molar-refractivity contribution >= 4 is 17.5 Å². The van der Waals surface area contributed by atoms with Crippen molar-refractivity contribution < 1.29 is 34.4 Å². The number of hydrogen-bond donors (Lipinski definition) is 4. The third kappa shape index (κ3) is 6.12. The quantitative estimate of drug-likeness (QED) is 0.268. The molecule has 0 spiro atoms. The molecule has 0 aromatic heterocycles. The van der Waals surface area contributed by atoms with E-state index in [-0.39, 0.29) is 37.6 Å². The molecular weight excluding hydrogens is 402 g/mol. The second-order valence-electron chi connectivity index (χ2n) is 8.28. The van der Waals surface area contributed by atoms with Crippen LogP contribution in [0.1, 0.15) is 61.4 Å². The number of hydrogen-bond acceptors (Lipinski definition) is 7. The normalized spacial score (nSPS) is 18.7. The van der Waals surface area contributed by atoms with Gasteiger partial charge in [0.05, 0.1) is 25.2 Å². The van der Waals surface area contributed by atoms with E-state index in [9.17, 15) is 29.7 Å². The van der Waals surface area contributed by atoms with Crippen LogP contribution in [-0.2, 0) is 16.0 Å². The highest BCUT2D eigenvalue weighted by atomic mass is 16.5. The Bertz CT molecular complexity index is 794. The molecule has 31 heavy (non-hydrogen) atoms. The predicted octanol–water partition coefficient (Wildman–Crippen LogP) is 1.17. The molecule has 0 bridgehead atoms. The summed E-state index contributed by atoms with van der Waals surface area (Å²) in [6, 6.07) is 5.49. The number of Topliss-reactive ketones (excluding diaryl/α,β-unsaturated/α-hetero) is 2. The Hall–Kier alpha value is -2.29. The predicted molar refractivity (Wildman–Crippen MR) is 114 cm³/mol. The molecule has 0 heterocycles. The van der Waals surface area contributed by atoms with Gasteiger partial charge in [0.1, 0.15) is 11.4 Å². The van der Waals surface area contributed by atoms with Crippen molar-refractivity contribution in [2.45, 2.75) is 57.5 Å². The molecule has 1 aliphatic rings. The van der Waals surface area contributed by atoms with Gasteiger partial charge in [0.25, 0.3) is 0 Å². The van der Waals surface area contributed by atoms with Crippen LogP contribution in [-0.4, -0.2) is 58.2 Å². The van der Waals surface area contributed by atoms with Gasteiger partial charge in [-0.3, -0.25) is 14.4 Å². The van der Waals surface area contributed by atoms with Crippen molar-refractivity contribution in [1.82, 2.24) is 0 Å². The average molecular weight is 436 g/mol. The van der Waals surface area contributed by atoms with Crippen LogP contribution in [0.3, 0.4) is 0 Å². The number of unbranched alkanes of at least 4 members (excludes halogenated alkanes) is 1. The fraction of sp³-hybridized carbons (Fsp3) is 0.609. The topological polar surface area (TPSA) is 147 Å². The molecule has 1 amide bonds. The summed E-state index contributed by atoms with van der Waals surface area (Å²) in [6.07, 6.45) is 2.19. The zero-order valence-electron chi connectivity index (χ0n) is 18.0. The Morgan fingerprint density at radius 2 is 2.03 bits per heavy atom. The molecule has 2 rings (SSSR count). The molecule has 3 atom stereocenters. The monoisotopic (exact) mass is 435 g/mol. The number of carbonyl (C=O) groups is 3. The lowest BCUT2D eigenvalue weighted by Gasteiger charge is -2.36. The molecule has 172 valence electrons. The van der Waals surface area contributed by atoms with Gasteiger partial charge >= 0.3 is 0 Å². The number of fused-ring (bicyclic) bond motifs is 1. The molecule has 0 aliphatic heterocycles. The summed E-state index contributed by atoms with van der Waals surface area (Å²) < 4.78 is 5.79. The van der Waals surface area contributed by atoms with Gasteiger partial charge in [-0.1, -0.05) is 25.5 Å². The van der Waals surface area contributed by atoms with Crippen molar-refractivity contribution in [1.29, 1.82) is 0 Å². The van der Waals surface area contributed by atoms with Crippen LogP contribution in [0, 0.1) is 11.8 Å². The summed E-state index contributed by atoms with van der Waals surface area (Å²) in [4.78, 5) is 36.5. The Balaban J connectivity index is 2.21. The van der Waals surface area contributed by atoms with Gasteiger partial charge in [-0.25, -0.2) is 0 Å². The number of amides is 1. The molecule has 5 N–H and O–H groups in total. The Morgan fingerprint density at radius 3 is 2.65 bits per heavy atom. The molecule has 1 aliphatic carbocycles. The number of ketones is 2. The summed E-state index contributed by atoms with van der Waals surface area (Å²) >= 11 is 0. The lowest BCUT2D eigenvalue weighted by atomic mass is 9.72. The van der Waals surface area contributed by atoms with E-state index >= 15 is 0 Å². The number of ether oxygens (including phenoxy) is 1. The van der Waals surface area contributed by atoms with Crippen LogP contribution in [0.5, 0.6) is 5.75 Å². The van der Waals surface area contributed by atoms with Gasteiger partial charge in [0.2, 0.25) is 5.91 Å². The van der Waals surface area contributed by atoms with Gasteiger partial charge in [-0.2, -0.15) is 0 Å². The summed E-state index contributed by atoms with van der Waals surface area (Å²) in [5.41, 5.74) is 4.29. The van der Waals surface area contributed by atoms with Gasteiger partial charge in [0, 0.05) is 13.0 Å². The lowest BCUT2D eigenvalue weighted by molar-refractivity contribution is -0.153. The minimum atomic E-state index is -2.20. The van der Waals surface area contributed by atoms with Crippen molar-refractivity contribution in [3.63, 3.8) is 0 Å². The van der Waals surface area contributed by atoms with Crippen molar-refractivity contribution in [3.8, 4) is 5.75 Å². The molecule has 8 heteroatoms. The molecule has 0 saturated heterocycles. The molecule has 8 nitrogen and oxygen atoms in total. The van der Waals surface area contributed by atoms with Gasteiger partial charge in [0.15, 0.2) is 11.6 Å². The second-order valence-corrected chi connectivity index (χ2v) is 8.28. The molecule has 1 aromatic rings. The third-order valence-corrected chi connectivity index (χ3v) is 5.96. The second kappa shape index (κ2) is 11.4. The standard InChI is InChI=1S/C23H33NO7/c1-2-3-9-31-19-6-4-5-16-10-15(12-18(27)22(16)19)11-17(7-8-25)23(30,14-26)20(28)13-21(24)29/h4-6,15,17,25-26,30H,2-3,7-14H2,1H3,(H2,24,29)/t15-,17+,23+/m0/s1. The maximum atomic E-state index is 12.9. The number of aliphatic hydroxyl groups is 3. The van der Waals surface area contributed by atoms with Crippen LogP contribution in [0.25, 0.3) is 0 Å². The number of primary amides is 1. The first kappa shape index (κ1) is 25.0. The van der Waals surface area contributed by atoms with E-state index in [2.05, 4.69) is 6.92 Å². The fourth-order valence-corrected chi connectivity index (χ4v) is 4.29. The molecule has 0 radical (unpaired) electrons. The fourth-order valence-electron chi connectivity index (χ4n) is 4.29. The summed E-state index contributed by atoms with van der Waals surface area (Å²) in [7, 11) is 0. The van der Waals surface area contributed by atoms with E-state index in [4.69, 9.17) is 10.5 Å². The lowest BCUT2D eigenvalue weighted by Crippen LogP contribution is -2.51. The maximum Gasteiger partial charge on any atom is 0.224 e. The Labute approximate surface area is 182 Å². The zero-order valence-corrected chi connectivity index (χ0v) is 18.0. The van der Waals surface area contributed by atoms with E-state index in [1.54, 1.807) is 6.07 Å². The largest absolute Gasteiger partial charge is 0.493 e. The smallest absolute Gasteiger partial charge is 0.224 e. The number of benzene rings is 1. The van der Waals surface area contributed by atoms with Crippen LogP contribution >= 0.6 is 0 Å². The summed E-state index contributed by atoms with van der Waals surface area (Å²) in [6.45, 7) is 1.39. The summed E-state index contributed by atoms with van der Waals surface area (Å²) in [5, 5.41) is 30.1. The highest BCUT2D eigenvalue weighted by Crippen LogP contribution is 2.38. The highest BCUT2D eigenvalue weighted by molar-refractivity contribution is 6.02. The first-order valence-corrected chi connectivity index (χ1v) is 10.8. The van der Waals surface area contributed by atoms with Gasteiger partial charge in [-0.15, -0.1) is 0 Å². The molecule has 0 saturated carbocycles. The Morgan fingerprint density at radius 1 is 1.29 bits per heavy atom. The first-order valence-electron chi connectivity index (χ1n) is 10.8. The molecule has 0 fully saturated rings. The molecular formula is C23H33NO7. The SMILES string of the molecule is CCCCOc1cccc2c1C(=O)C[C@H](C[C@@H](CCO)[C@](O)(CO)C(=O)CC(N)=O)C2. The number of nitrogens with two attached hydrogens (primary N) is 1. The van der Waals surface area contributed by atoms with E-state index in [1.807, 2.05) is 12.1 Å². The zero-order chi connectivity index (χ0) is 23.0. The molecule has 1 aromatic carbocycles. The minimum Gasteiger partial charge on any atom is -0.493 e. The van der Waals surface area contributed by atoms with Crippen molar-refractivity contribution in [2.24, 2.45) is 17.6 Å². The number of rotatable bonds is 13. The van der Waals surface area contributed by atoms with Crippen LogP contribution in [0.15, 0.2) is 18.2 Å². The average Bonchev–Trinajstić information content (AvgIpc) is 2.72. The van der Waals surface area contributed by atoms with Crippen LogP contribution < -0.4 is 10.5 Å².